The van der Waals surface area contributed by atoms with Crippen LogP contribution in [-0.4, -0.2) is 56.1 Å². The molecule has 2 amide bonds. The van der Waals surface area contributed by atoms with Gasteiger partial charge in [0.15, 0.2) is 9.84 Å². The minimum absolute atomic E-state index is 0.196. The third-order valence-corrected chi connectivity index (χ3v) is 8.21. The lowest BCUT2D eigenvalue weighted by Gasteiger charge is -2.33. The number of thioether (sulfide) groups is 1. The highest BCUT2D eigenvalue weighted by atomic mass is 32.2. The molecule has 0 spiro atoms. The summed E-state index contributed by atoms with van der Waals surface area (Å²) in [6, 6.07) is 18.0. The van der Waals surface area contributed by atoms with Gasteiger partial charge in [0.2, 0.25) is 5.91 Å². The van der Waals surface area contributed by atoms with Crippen molar-refractivity contribution in [3.05, 3.63) is 77.9 Å². The second-order valence-electron chi connectivity index (χ2n) is 8.66. The smallest absolute Gasteiger partial charge is 0.338 e. The number of nitrogens with zero attached hydrogens (tertiary/aromatic N) is 1. The van der Waals surface area contributed by atoms with E-state index in [-0.39, 0.29) is 23.0 Å². The van der Waals surface area contributed by atoms with E-state index in [9.17, 15) is 22.8 Å². The highest BCUT2D eigenvalue weighted by Crippen LogP contribution is 2.41. The lowest BCUT2D eigenvalue weighted by atomic mass is 10.1. The normalized spacial score (nSPS) is 14.9. The van der Waals surface area contributed by atoms with Gasteiger partial charge in [-0.3, -0.25) is 14.8 Å². The standard InChI is InChI=1S/C27H26N2O8S2/c1-3-36-27(32)18-6-13-23-22(15-18)29(16-25(30)28-33)26(31)24(38-23)14-17-4-7-19(8-5-17)37-20-9-11-21(12-10-20)39(2,34)35/h4-13,15,24,33H,3,14,16H2,1-2H3,(H,28,30). The van der Waals surface area contributed by atoms with Gasteiger partial charge in [-0.15, -0.1) is 11.8 Å². The van der Waals surface area contributed by atoms with Gasteiger partial charge in [0.05, 0.1) is 28.0 Å². The zero-order valence-corrected chi connectivity index (χ0v) is 22.8. The number of hydrogen-bond acceptors (Lipinski definition) is 9. The summed E-state index contributed by atoms with van der Waals surface area (Å²) in [6.45, 7) is 1.47. The van der Waals surface area contributed by atoms with Gasteiger partial charge in [-0.25, -0.2) is 18.7 Å². The molecule has 1 aliphatic rings. The van der Waals surface area contributed by atoms with Gasteiger partial charge in [-0.2, -0.15) is 0 Å². The van der Waals surface area contributed by atoms with Gasteiger partial charge >= 0.3 is 5.97 Å². The van der Waals surface area contributed by atoms with E-state index < -0.39 is 33.5 Å². The van der Waals surface area contributed by atoms with Crippen molar-refractivity contribution < 1.29 is 37.5 Å². The number of carbonyl (C=O) groups is 3. The van der Waals surface area contributed by atoms with Crippen molar-refractivity contribution in [2.75, 3.05) is 24.3 Å². The quantitative estimate of drug-likeness (QED) is 0.224. The van der Waals surface area contributed by atoms with E-state index in [1.807, 2.05) is 12.1 Å². The predicted octanol–water partition coefficient (Wildman–Crippen LogP) is 3.61. The number of hydrogen-bond donors (Lipinski definition) is 2. The fourth-order valence-electron chi connectivity index (χ4n) is 3.94. The van der Waals surface area contributed by atoms with E-state index in [1.54, 1.807) is 48.8 Å². The molecule has 4 rings (SSSR count). The summed E-state index contributed by atoms with van der Waals surface area (Å²) in [4.78, 5) is 39.8. The molecule has 3 aromatic carbocycles. The molecule has 0 saturated heterocycles. The maximum absolute atomic E-state index is 13.4. The average molecular weight is 571 g/mol. The second-order valence-corrected chi connectivity index (χ2v) is 11.9. The lowest BCUT2D eigenvalue weighted by molar-refractivity contribution is -0.129. The maximum atomic E-state index is 13.4. The molecule has 1 heterocycles. The first kappa shape index (κ1) is 28.1. The van der Waals surface area contributed by atoms with Crippen LogP contribution in [0.1, 0.15) is 22.8 Å². The predicted molar refractivity (Wildman–Crippen MR) is 144 cm³/mol. The summed E-state index contributed by atoms with van der Waals surface area (Å²) >= 11 is 1.32. The number of rotatable bonds is 9. The molecule has 1 unspecified atom stereocenters. The molecule has 0 bridgehead atoms. The van der Waals surface area contributed by atoms with Gasteiger partial charge in [0, 0.05) is 11.2 Å². The lowest BCUT2D eigenvalue weighted by Crippen LogP contribution is -2.46. The van der Waals surface area contributed by atoms with Gasteiger partial charge < -0.3 is 14.4 Å². The molecule has 1 atom stereocenters. The Hall–Kier alpha value is -3.87. The summed E-state index contributed by atoms with van der Waals surface area (Å²) < 4.78 is 34.1. The number of amides is 2. The van der Waals surface area contributed by atoms with E-state index in [2.05, 4.69) is 0 Å². The fraction of sp³-hybridized carbons (Fsp3) is 0.222. The van der Waals surface area contributed by atoms with E-state index in [1.165, 1.54) is 34.9 Å². The molecule has 0 saturated carbocycles. The summed E-state index contributed by atoms with van der Waals surface area (Å²) in [6.07, 6.45) is 1.49. The number of anilines is 1. The molecular formula is C27H26N2O8S2. The number of esters is 1. The third kappa shape index (κ3) is 6.77. The largest absolute Gasteiger partial charge is 0.462 e. The van der Waals surface area contributed by atoms with Crippen LogP contribution in [0.3, 0.4) is 0 Å². The molecular weight excluding hydrogens is 544 g/mol. The Morgan fingerprint density at radius 3 is 2.26 bits per heavy atom. The van der Waals surface area contributed by atoms with Crippen LogP contribution >= 0.6 is 11.8 Å². The molecule has 0 fully saturated rings. The molecule has 0 aliphatic carbocycles. The molecule has 12 heteroatoms. The van der Waals surface area contributed by atoms with Gasteiger partial charge in [0.1, 0.15) is 18.0 Å². The van der Waals surface area contributed by atoms with Crippen molar-refractivity contribution in [3.63, 3.8) is 0 Å². The summed E-state index contributed by atoms with van der Waals surface area (Å²) in [5.74, 6) is -0.646. The topological polar surface area (TPSA) is 139 Å². The van der Waals surface area contributed by atoms with Gasteiger partial charge in [0.25, 0.3) is 5.91 Å². The Balaban J connectivity index is 1.51. The monoisotopic (exact) mass is 570 g/mol. The molecule has 0 radical (unpaired) electrons. The van der Waals surface area contributed by atoms with Crippen LogP contribution in [0.25, 0.3) is 0 Å². The third-order valence-electron chi connectivity index (χ3n) is 5.83. The number of nitrogens with one attached hydrogen (secondary N) is 1. The average Bonchev–Trinajstić information content (AvgIpc) is 2.91. The second kappa shape index (κ2) is 11.9. The minimum atomic E-state index is -3.30. The van der Waals surface area contributed by atoms with Crippen LogP contribution in [-0.2, 0) is 30.6 Å². The van der Waals surface area contributed by atoms with Crippen molar-refractivity contribution in [2.45, 2.75) is 28.4 Å². The SMILES string of the molecule is CCOC(=O)c1ccc2c(c1)N(CC(=O)NO)C(=O)C(Cc1ccc(Oc3ccc(S(C)(=O)=O)cc3)cc1)S2. The zero-order chi connectivity index (χ0) is 28.2. The fourth-order valence-corrected chi connectivity index (χ4v) is 5.81. The number of benzene rings is 3. The molecule has 2 N–H and O–H groups in total. The highest BCUT2D eigenvalue weighted by molar-refractivity contribution is 8.01. The van der Waals surface area contributed by atoms with E-state index in [4.69, 9.17) is 14.7 Å². The van der Waals surface area contributed by atoms with Crippen molar-refractivity contribution in [1.29, 1.82) is 0 Å². The van der Waals surface area contributed by atoms with E-state index in [0.717, 1.165) is 11.8 Å². The van der Waals surface area contributed by atoms with Gasteiger partial charge in [-0.1, -0.05) is 12.1 Å². The van der Waals surface area contributed by atoms with Crippen LogP contribution < -0.4 is 15.1 Å². The van der Waals surface area contributed by atoms with Gasteiger partial charge in [-0.05, 0) is 73.5 Å². The Morgan fingerprint density at radius 1 is 1.03 bits per heavy atom. The number of hydroxylamine groups is 1. The summed E-state index contributed by atoms with van der Waals surface area (Å²) in [5, 5.41) is 8.48. The Bertz CT molecular complexity index is 1490. The summed E-state index contributed by atoms with van der Waals surface area (Å²) in [5.41, 5.74) is 3.03. The van der Waals surface area contributed by atoms with Crippen molar-refractivity contribution in [3.8, 4) is 11.5 Å². The first-order valence-corrected chi connectivity index (χ1v) is 14.6. The zero-order valence-electron chi connectivity index (χ0n) is 21.1. The van der Waals surface area contributed by atoms with Crippen LogP contribution in [0.15, 0.2) is 76.5 Å². The number of sulfone groups is 1. The molecule has 39 heavy (non-hydrogen) atoms. The highest BCUT2D eigenvalue weighted by Gasteiger charge is 2.35. The van der Waals surface area contributed by atoms with Crippen LogP contribution in [0.4, 0.5) is 5.69 Å². The first-order valence-electron chi connectivity index (χ1n) is 11.9. The van der Waals surface area contributed by atoms with E-state index in [0.29, 0.717) is 28.5 Å². The molecule has 204 valence electrons. The first-order chi connectivity index (χ1) is 18.6. The van der Waals surface area contributed by atoms with Crippen LogP contribution in [0, 0.1) is 0 Å². The van der Waals surface area contributed by atoms with Crippen molar-refractivity contribution >= 4 is 45.1 Å². The number of ether oxygens (including phenoxy) is 2. The van der Waals surface area contributed by atoms with E-state index >= 15 is 0 Å². The minimum Gasteiger partial charge on any atom is -0.462 e. The Morgan fingerprint density at radius 2 is 1.67 bits per heavy atom. The van der Waals surface area contributed by atoms with Crippen LogP contribution in [0.5, 0.6) is 11.5 Å². The summed E-state index contributed by atoms with van der Waals surface area (Å²) in [7, 11) is -3.30. The molecule has 1 aliphatic heterocycles. The van der Waals surface area contributed by atoms with Crippen molar-refractivity contribution in [1.82, 2.24) is 5.48 Å². The maximum Gasteiger partial charge on any atom is 0.338 e. The number of carbonyl (C=O) groups excluding carboxylic acids is 3. The number of fused-ring (bicyclic) bond motifs is 1. The van der Waals surface area contributed by atoms with Crippen LogP contribution in [0.2, 0.25) is 0 Å². The molecule has 10 nitrogen and oxygen atoms in total. The Labute approximate surface area is 229 Å². The Kier molecular flexibility index (Phi) is 8.58. The molecule has 0 aromatic heterocycles. The molecule has 3 aromatic rings. The van der Waals surface area contributed by atoms with Crippen molar-refractivity contribution in [2.24, 2.45) is 0 Å².